The van der Waals surface area contributed by atoms with E-state index in [1.807, 2.05) is 0 Å². The Morgan fingerprint density at radius 3 is 1.80 bits per heavy atom. The molecule has 0 heterocycles. The van der Waals surface area contributed by atoms with Crippen LogP contribution < -0.4 is 5.32 Å². The molecule has 0 spiro atoms. The SMILES string of the molecule is C#Cc1ccc(C[C@@](NC(=O)c2ccc(F)c(C(F)(F)F)c2)(c2cc(F)cc(CC(F)(F)C(F)F)c2)c2ccc(F)c(C(F)(F)F)c2)cc1. The predicted molar refractivity (Wildman–Crippen MR) is 150 cm³/mol. The molecule has 258 valence electrons. The number of nitrogens with one attached hydrogen (secondary N) is 1. The molecule has 4 rings (SSSR count). The van der Waals surface area contributed by atoms with Crippen LogP contribution in [0.2, 0.25) is 0 Å². The molecule has 0 aliphatic rings. The van der Waals surface area contributed by atoms with E-state index in [1.165, 1.54) is 24.3 Å². The lowest BCUT2D eigenvalue weighted by atomic mass is 9.76. The molecule has 4 aromatic carbocycles. The third-order valence-corrected chi connectivity index (χ3v) is 7.42. The van der Waals surface area contributed by atoms with Gasteiger partial charge in [0.05, 0.1) is 16.7 Å². The van der Waals surface area contributed by atoms with Crippen molar-refractivity contribution in [2.24, 2.45) is 0 Å². The summed E-state index contributed by atoms with van der Waals surface area (Å²) in [7, 11) is 0. The van der Waals surface area contributed by atoms with Gasteiger partial charge >= 0.3 is 24.7 Å². The monoisotopic (exact) mass is 705 g/mol. The van der Waals surface area contributed by atoms with Gasteiger partial charge in [-0.05, 0) is 76.9 Å². The fourth-order valence-electron chi connectivity index (χ4n) is 5.09. The van der Waals surface area contributed by atoms with Crippen LogP contribution in [0.25, 0.3) is 0 Å². The van der Waals surface area contributed by atoms with Crippen LogP contribution in [0.5, 0.6) is 0 Å². The zero-order valence-corrected chi connectivity index (χ0v) is 24.4. The Morgan fingerprint density at radius 1 is 0.673 bits per heavy atom. The molecular formula is C34H20F13NO. The first kappa shape index (κ1) is 36.8. The molecule has 0 radical (unpaired) electrons. The van der Waals surface area contributed by atoms with E-state index in [0.717, 1.165) is 0 Å². The highest BCUT2D eigenvalue weighted by Gasteiger charge is 2.44. The Balaban J connectivity index is 2.07. The molecule has 0 saturated heterocycles. The number of rotatable bonds is 9. The molecule has 49 heavy (non-hydrogen) atoms. The molecule has 15 heteroatoms. The van der Waals surface area contributed by atoms with Crippen molar-refractivity contribution in [3.05, 3.63) is 141 Å². The summed E-state index contributed by atoms with van der Waals surface area (Å²) >= 11 is 0. The molecule has 0 aromatic heterocycles. The minimum absolute atomic E-state index is 0.0864. The van der Waals surface area contributed by atoms with Crippen molar-refractivity contribution in [2.75, 3.05) is 0 Å². The summed E-state index contributed by atoms with van der Waals surface area (Å²) in [4.78, 5) is 13.7. The van der Waals surface area contributed by atoms with Gasteiger partial charge in [0.15, 0.2) is 0 Å². The van der Waals surface area contributed by atoms with Gasteiger partial charge in [-0.15, -0.1) is 6.42 Å². The van der Waals surface area contributed by atoms with E-state index < -0.39 is 99.8 Å². The normalized spacial score (nSPS) is 13.6. The summed E-state index contributed by atoms with van der Waals surface area (Å²) in [6, 6.07) is 9.14. The Morgan fingerprint density at radius 2 is 1.24 bits per heavy atom. The second kappa shape index (κ2) is 13.5. The molecule has 0 fully saturated rings. The van der Waals surface area contributed by atoms with E-state index in [-0.39, 0.29) is 29.3 Å². The van der Waals surface area contributed by atoms with E-state index >= 15 is 4.39 Å². The van der Waals surface area contributed by atoms with Crippen molar-refractivity contribution < 1.29 is 61.9 Å². The molecule has 0 bridgehead atoms. The average Bonchev–Trinajstić information content (AvgIpc) is 2.99. The first-order chi connectivity index (χ1) is 22.7. The molecule has 0 aliphatic heterocycles. The van der Waals surface area contributed by atoms with E-state index in [2.05, 4.69) is 11.2 Å². The van der Waals surface area contributed by atoms with Crippen LogP contribution in [0.3, 0.4) is 0 Å². The summed E-state index contributed by atoms with van der Waals surface area (Å²) in [5, 5.41) is 2.23. The first-order valence-corrected chi connectivity index (χ1v) is 13.7. The fraction of sp³-hybridized carbons (Fsp3) is 0.206. The van der Waals surface area contributed by atoms with Crippen LogP contribution in [0, 0.1) is 29.8 Å². The van der Waals surface area contributed by atoms with Gasteiger partial charge in [-0.2, -0.15) is 35.1 Å². The van der Waals surface area contributed by atoms with Crippen LogP contribution >= 0.6 is 0 Å². The fourth-order valence-corrected chi connectivity index (χ4v) is 5.09. The number of carbonyl (C=O) groups excluding carboxylic acids is 1. The molecule has 0 aliphatic carbocycles. The first-order valence-electron chi connectivity index (χ1n) is 13.7. The van der Waals surface area contributed by atoms with Crippen molar-refractivity contribution in [3.8, 4) is 12.3 Å². The Bertz CT molecular complexity index is 1890. The lowest BCUT2D eigenvalue weighted by Crippen LogP contribution is -2.49. The van der Waals surface area contributed by atoms with Gasteiger partial charge in [0.2, 0.25) is 0 Å². The van der Waals surface area contributed by atoms with E-state index in [9.17, 15) is 57.5 Å². The number of alkyl halides is 10. The number of terminal acetylenes is 1. The van der Waals surface area contributed by atoms with Crippen LogP contribution in [0.4, 0.5) is 57.1 Å². The number of hydrogen-bond donors (Lipinski definition) is 1. The maximum Gasteiger partial charge on any atom is 0.419 e. The summed E-state index contributed by atoms with van der Waals surface area (Å²) < 4.78 is 180. The zero-order valence-electron chi connectivity index (χ0n) is 24.4. The number of halogens is 13. The summed E-state index contributed by atoms with van der Waals surface area (Å²) in [6.45, 7) is 0. The van der Waals surface area contributed by atoms with Gasteiger partial charge in [0.25, 0.3) is 5.91 Å². The molecule has 0 saturated carbocycles. The lowest BCUT2D eigenvalue weighted by Gasteiger charge is -2.37. The van der Waals surface area contributed by atoms with Gasteiger partial charge in [-0.1, -0.05) is 30.2 Å². The minimum atomic E-state index is -5.38. The van der Waals surface area contributed by atoms with Crippen LogP contribution in [0.15, 0.2) is 78.9 Å². The summed E-state index contributed by atoms with van der Waals surface area (Å²) in [5.74, 6) is -8.94. The largest absolute Gasteiger partial charge is 0.419 e. The molecule has 0 unspecified atom stereocenters. The van der Waals surface area contributed by atoms with Gasteiger partial charge in [-0.25, -0.2) is 22.0 Å². The Kier molecular flexibility index (Phi) is 10.1. The van der Waals surface area contributed by atoms with Crippen molar-refractivity contribution in [1.82, 2.24) is 5.32 Å². The number of benzene rings is 4. The van der Waals surface area contributed by atoms with Gasteiger partial charge in [0, 0.05) is 24.0 Å². The second-order valence-electron chi connectivity index (χ2n) is 10.8. The maximum atomic E-state index is 15.1. The molecular weight excluding hydrogens is 685 g/mol. The smallest absolute Gasteiger partial charge is 0.338 e. The molecule has 1 atom stereocenters. The molecule has 2 nitrogen and oxygen atoms in total. The van der Waals surface area contributed by atoms with Crippen LogP contribution in [-0.2, 0) is 30.7 Å². The highest BCUT2D eigenvalue weighted by molar-refractivity contribution is 5.95. The second-order valence-corrected chi connectivity index (χ2v) is 10.8. The Labute approximate surface area is 269 Å². The highest BCUT2D eigenvalue weighted by atomic mass is 19.4. The molecule has 4 aromatic rings. The predicted octanol–water partition coefficient (Wildman–Crippen LogP) is 9.48. The van der Waals surface area contributed by atoms with Crippen LogP contribution in [0.1, 0.15) is 49.3 Å². The Hall–Kier alpha value is -5.00. The standard InChI is InChI=1S/C34H20F13NO/c1-2-18-3-5-19(6-4-18)16-31(22-8-10-28(37)26(15-22)34(45,46)47,23-11-20(12-24(35)14-23)17-32(40,41)30(38)39)48-29(49)21-7-9-27(36)25(13-21)33(42,43)44/h1,3-15,30H,16-17H2,(H,48,49)/t31-/m0/s1. The number of carbonyl (C=O) groups is 1. The van der Waals surface area contributed by atoms with E-state index in [0.29, 0.717) is 36.4 Å². The van der Waals surface area contributed by atoms with E-state index in [4.69, 9.17) is 6.42 Å². The van der Waals surface area contributed by atoms with Gasteiger partial charge in [-0.3, -0.25) is 4.79 Å². The summed E-state index contributed by atoms with van der Waals surface area (Å²) in [6.07, 6.45) is -12.1. The highest BCUT2D eigenvalue weighted by Crippen LogP contribution is 2.41. The lowest BCUT2D eigenvalue weighted by molar-refractivity contribution is -0.140. The number of hydrogen-bond acceptors (Lipinski definition) is 1. The van der Waals surface area contributed by atoms with Crippen molar-refractivity contribution in [2.45, 2.75) is 43.1 Å². The third-order valence-electron chi connectivity index (χ3n) is 7.42. The van der Waals surface area contributed by atoms with Crippen molar-refractivity contribution in [3.63, 3.8) is 0 Å². The molecule has 1 amide bonds. The number of amides is 1. The van der Waals surface area contributed by atoms with Crippen molar-refractivity contribution in [1.29, 1.82) is 0 Å². The quantitative estimate of drug-likeness (QED) is 0.137. The summed E-state index contributed by atoms with van der Waals surface area (Å²) in [5.41, 5.74) is -9.09. The molecule has 1 N–H and O–H groups in total. The van der Waals surface area contributed by atoms with Gasteiger partial charge in [0.1, 0.15) is 17.5 Å². The minimum Gasteiger partial charge on any atom is -0.338 e. The maximum absolute atomic E-state index is 15.1. The topological polar surface area (TPSA) is 29.1 Å². The van der Waals surface area contributed by atoms with Crippen molar-refractivity contribution >= 4 is 5.91 Å². The third kappa shape index (κ3) is 8.18. The zero-order chi connectivity index (χ0) is 36.5. The van der Waals surface area contributed by atoms with Crippen LogP contribution in [-0.4, -0.2) is 18.3 Å². The average molecular weight is 706 g/mol. The van der Waals surface area contributed by atoms with Gasteiger partial charge < -0.3 is 5.32 Å². The van der Waals surface area contributed by atoms with E-state index in [1.54, 1.807) is 0 Å².